The third kappa shape index (κ3) is 2.50. The molecule has 17 heavy (non-hydrogen) atoms. The van der Waals surface area contributed by atoms with E-state index in [0.29, 0.717) is 6.54 Å². The van der Waals surface area contributed by atoms with Crippen LogP contribution in [0.5, 0.6) is 0 Å². The molecule has 0 unspecified atom stereocenters. The number of hydrogen-bond acceptors (Lipinski definition) is 3. The van der Waals surface area contributed by atoms with E-state index in [1.165, 1.54) is 6.07 Å². The molecule has 0 aliphatic heterocycles. The molecular formula is C12H11F2N3. The van der Waals surface area contributed by atoms with Crippen molar-refractivity contribution in [1.82, 2.24) is 4.98 Å². The van der Waals surface area contributed by atoms with Crippen molar-refractivity contribution in [2.75, 3.05) is 11.1 Å². The van der Waals surface area contributed by atoms with Gasteiger partial charge in [-0.2, -0.15) is 0 Å². The van der Waals surface area contributed by atoms with Crippen molar-refractivity contribution in [1.29, 1.82) is 0 Å². The van der Waals surface area contributed by atoms with Gasteiger partial charge in [0.25, 0.3) is 0 Å². The van der Waals surface area contributed by atoms with Crippen LogP contribution in [0.2, 0.25) is 0 Å². The minimum atomic E-state index is -0.959. The molecule has 5 heteroatoms. The summed E-state index contributed by atoms with van der Waals surface area (Å²) in [6.07, 6.45) is 3.25. The van der Waals surface area contributed by atoms with Gasteiger partial charge in [-0.05, 0) is 29.8 Å². The Morgan fingerprint density at radius 2 is 1.82 bits per heavy atom. The average Bonchev–Trinajstić information content (AvgIpc) is 2.35. The van der Waals surface area contributed by atoms with Crippen molar-refractivity contribution in [3.8, 4) is 0 Å². The lowest BCUT2D eigenvalue weighted by molar-refractivity contribution is 0.511. The lowest BCUT2D eigenvalue weighted by atomic mass is 10.2. The highest BCUT2D eigenvalue weighted by Gasteiger charge is 2.11. The minimum absolute atomic E-state index is 0.0122. The Hall–Kier alpha value is -2.17. The lowest BCUT2D eigenvalue weighted by Crippen LogP contribution is -2.06. The number of rotatable bonds is 3. The van der Waals surface area contributed by atoms with E-state index in [-0.39, 0.29) is 11.4 Å². The van der Waals surface area contributed by atoms with Gasteiger partial charge in [-0.3, -0.25) is 4.98 Å². The highest BCUT2D eigenvalue weighted by atomic mass is 19.2. The van der Waals surface area contributed by atoms with Crippen LogP contribution in [0.15, 0.2) is 36.7 Å². The smallest absolute Gasteiger partial charge is 0.183 e. The molecule has 2 aromatic rings. The monoisotopic (exact) mass is 235 g/mol. The Kier molecular flexibility index (Phi) is 3.18. The van der Waals surface area contributed by atoms with Gasteiger partial charge in [0.2, 0.25) is 0 Å². The first-order valence-electron chi connectivity index (χ1n) is 5.04. The SMILES string of the molecule is Nc1ccc(F)c(F)c1NCc1ccncc1. The van der Waals surface area contributed by atoms with Crippen LogP contribution in [-0.2, 0) is 6.54 Å². The molecule has 0 aliphatic rings. The summed E-state index contributed by atoms with van der Waals surface area (Å²) in [6.45, 7) is 0.354. The molecule has 0 bridgehead atoms. The second-order valence-electron chi connectivity index (χ2n) is 3.53. The van der Waals surface area contributed by atoms with Crippen molar-refractivity contribution in [2.24, 2.45) is 0 Å². The number of pyridine rings is 1. The van der Waals surface area contributed by atoms with Crippen LogP contribution in [0, 0.1) is 11.6 Å². The molecule has 0 atom stereocenters. The van der Waals surface area contributed by atoms with Gasteiger partial charge in [0.05, 0.1) is 11.4 Å². The molecule has 0 saturated carbocycles. The average molecular weight is 235 g/mol. The number of aromatic nitrogens is 1. The molecule has 0 spiro atoms. The zero-order chi connectivity index (χ0) is 12.3. The normalized spacial score (nSPS) is 10.2. The zero-order valence-corrected chi connectivity index (χ0v) is 8.95. The molecule has 1 aromatic heterocycles. The number of nitrogens with two attached hydrogens (primary N) is 1. The fraction of sp³-hybridized carbons (Fsp3) is 0.0833. The van der Waals surface area contributed by atoms with E-state index < -0.39 is 11.6 Å². The zero-order valence-electron chi connectivity index (χ0n) is 8.95. The molecule has 1 aromatic carbocycles. The fourth-order valence-electron chi connectivity index (χ4n) is 1.44. The van der Waals surface area contributed by atoms with Gasteiger partial charge >= 0.3 is 0 Å². The summed E-state index contributed by atoms with van der Waals surface area (Å²) in [4.78, 5) is 3.86. The van der Waals surface area contributed by atoms with Gasteiger partial charge in [0, 0.05) is 18.9 Å². The number of hydrogen-bond donors (Lipinski definition) is 2. The number of nitrogen functional groups attached to an aromatic ring is 1. The van der Waals surface area contributed by atoms with E-state index in [4.69, 9.17) is 5.73 Å². The summed E-state index contributed by atoms with van der Waals surface area (Å²) in [5, 5.41) is 2.77. The van der Waals surface area contributed by atoms with Gasteiger partial charge in [-0.1, -0.05) is 0 Å². The van der Waals surface area contributed by atoms with Crippen LogP contribution < -0.4 is 11.1 Å². The summed E-state index contributed by atoms with van der Waals surface area (Å²) in [7, 11) is 0. The quantitative estimate of drug-likeness (QED) is 0.804. The summed E-state index contributed by atoms with van der Waals surface area (Å²) in [6, 6.07) is 5.89. The number of anilines is 2. The summed E-state index contributed by atoms with van der Waals surface area (Å²) in [5.41, 5.74) is 6.64. The molecule has 1 heterocycles. The predicted octanol–water partition coefficient (Wildman–Crippen LogP) is 2.55. The first-order chi connectivity index (χ1) is 8.18. The van der Waals surface area contributed by atoms with E-state index in [9.17, 15) is 8.78 Å². The maximum absolute atomic E-state index is 13.4. The Labute approximate surface area is 97.3 Å². The van der Waals surface area contributed by atoms with Crippen LogP contribution in [0.3, 0.4) is 0 Å². The van der Waals surface area contributed by atoms with Gasteiger partial charge in [0.1, 0.15) is 0 Å². The molecule has 2 rings (SSSR count). The molecule has 0 amide bonds. The third-order valence-corrected chi connectivity index (χ3v) is 2.35. The summed E-state index contributed by atoms with van der Waals surface area (Å²) < 4.78 is 26.4. The molecule has 88 valence electrons. The van der Waals surface area contributed by atoms with Gasteiger partial charge in [-0.15, -0.1) is 0 Å². The molecule has 0 saturated heterocycles. The standard InChI is InChI=1S/C12H11F2N3/c13-9-1-2-10(15)12(11(9)14)17-7-8-3-5-16-6-4-8/h1-6,17H,7,15H2. The van der Waals surface area contributed by atoms with Crippen molar-refractivity contribution in [3.05, 3.63) is 53.9 Å². The Balaban J connectivity index is 2.17. The fourth-order valence-corrected chi connectivity index (χ4v) is 1.44. The summed E-state index contributed by atoms with van der Waals surface area (Å²) >= 11 is 0. The van der Waals surface area contributed by atoms with Crippen LogP contribution >= 0.6 is 0 Å². The molecule has 0 fully saturated rings. The van der Waals surface area contributed by atoms with Crippen LogP contribution in [-0.4, -0.2) is 4.98 Å². The molecule has 0 aliphatic carbocycles. The summed E-state index contributed by atoms with van der Waals surface area (Å²) in [5.74, 6) is -1.88. The number of nitrogens with zero attached hydrogens (tertiary/aromatic N) is 1. The highest BCUT2D eigenvalue weighted by Crippen LogP contribution is 2.24. The largest absolute Gasteiger partial charge is 0.397 e. The lowest BCUT2D eigenvalue weighted by Gasteiger charge is -2.10. The van der Waals surface area contributed by atoms with Crippen molar-refractivity contribution >= 4 is 11.4 Å². The maximum Gasteiger partial charge on any atom is 0.183 e. The Bertz CT molecular complexity index is 515. The number of nitrogens with one attached hydrogen (secondary N) is 1. The van der Waals surface area contributed by atoms with Gasteiger partial charge in [0.15, 0.2) is 11.6 Å². The molecule has 3 nitrogen and oxygen atoms in total. The molecular weight excluding hydrogens is 224 g/mol. The Morgan fingerprint density at radius 3 is 2.53 bits per heavy atom. The van der Waals surface area contributed by atoms with Gasteiger partial charge < -0.3 is 11.1 Å². The van der Waals surface area contributed by atoms with Gasteiger partial charge in [-0.25, -0.2) is 8.78 Å². The highest BCUT2D eigenvalue weighted by molar-refractivity contribution is 5.66. The third-order valence-electron chi connectivity index (χ3n) is 2.35. The van der Waals surface area contributed by atoms with E-state index in [2.05, 4.69) is 10.3 Å². The second kappa shape index (κ2) is 4.78. The van der Waals surface area contributed by atoms with E-state index in [1.54, 1.807) is 24.5 Å². The van der Waals surface area contributed by atoms with Crippen LogP contribution in [0.1, 0.15) is 5.56 Å². The van der Waals surface area contributed by atoms with E-state index in [0.717, 1.165) is 11.6 Å². The first kappa shape index (κ1) is 11.3. The Morgan fingerprint density at radius 1 is 1.12 bits per heavy atom. The molecule has 3 N–H and O–H groups in total. The van der Waals surface area contributed by atoms with E-state index in [1.807, 2.05) is 0 Å². The van der Waals surface area contributed by atoms with Crippen molar-refractivity contribution < 1.29 is 8.78 Å². The minimum Gasteiger partial charge on any atom is -0.397 e. The second-order valence-corrected chi connectivity index (χ2v) is 3.53. The van der Waals surface area contributed by atoms with Crippen molar-refractivity contribution in [2.45, 2.75) is 6.54 Å². The maximum atomic E-state index is 13.4. The predicted molar refractivity (Wildman–Crippen MR) is 62.3 cm³/mol. The molecule has 0 radical (unpaired) electrons. The van der Waals surface area contributed by atoms with Crippen LogP contribution in [0.25, 0.3) is 0 Å². The van der Waals surface area contributed by atoms with Crippen LogP contribution in [0.4, 0.5) is 20.2 Å². The number of benzene rings is 1. The van der Waals surface area contributed by atoms with Crippen molar-refractivity contribution in [3.63, 3.8) is 0 Å². The number of halogens is 2. The van der Waals surface area contributed by atoms with E-state index >= 15 is 0 Å². The first-order valence-corrected chi connectivity index (χ1v) is 5.04. The topological polar surface area (TPSA) is 50.9 Å².